The average Bonchev–Trinajstić information content (AvgIpc) is 3.32. The van der Waals surface area contributed by atoms with Crippen LogP contribution in [0.5, 0.6) is 0 Å². The number of likely N-dealkylation sites (N-methyl/N-ethyl adjacent to an activating group) is 1. The zero-order valence-electron chi connectivity index (χ0n) is 12.9. The van der Waals surface area contributed by atoms with Crippen molar-refractivity contribution in [3.63, 3.8) is 0 Å². The normalized spacial score (nSPS) is 20.4. The first-order valence-corrected chi connectivity index (χ1v) is 8.23. The van der Waals surface area contributed by atoms with E-state index >= 15 is 0 Å². The van der Waals surface area contributed by atoms with Crippen LogP contribution >= 0.6 is 0 Å². The first-order valence-electron chi connectivity index (χ1n) is 8.23. The summed E-state index contributed by atoms with van der Waals surface area (Å²) in [6.07, 6.45) is 5.77. The van der Waals surface area contributed by atoms with Crippen molar-refractivity contribution in [3.05, 3.63) is 35.4 Å². The second kappa shape index (κ2) is 6.28. The van der Waals surface area contributed by atoms with Gasteiger partial charge in [0.2, 0.25) is 0 Å². The molecule has 1 aromatic rings. The Balaban J connectivity index is 1.58. The summed E-state index contributed by atoms with van der Waals surface area (Å²) in [4.78, 5) is 2.73. The molecule has 0 saturated heterocycles. The van der Waals surface area contributed by atoms with Crippen LogP contribution in [0, 0.1) is 5.92 Å². The molecule has 0 spiro atoms. The SMILES string of the molecule is CNCC(C)c1ccc(CN(CC2CC2)C2CC2)cc1. The maximum absolute atomic E-state index is 3.26. The Labute approximate surface area is 123 Å². The largest absolute Gasteiger partial charge is 0.319 e. The summed E-state index contributed by atoms with van der Waals surface area (Å²) < 4.78 is 0. The van der Waals surface area contributed by atoms with E-state index in [2.05, 4.69) is 41.4 Å². The summed E-state index contributed by atoms with van der Waals surface area (Å²) in [5, 5.41) is 3.26. The first-order chi connectivity index (χ1) is 9.76. The lowest BCUT2D eigenvalue weighted by Gasteiger charge is -2.22. The fraction of sp³-hybridized carbons (Fsp3) is 0.667. The van der Waals surface area contributed by atoms with E-state index in [1.807, 2.05) is 7.05 Å². The van der Waals surface area contributed by atoms with E-state index < -0.39 is 0 Å². The molecule has 0 radical (unpaired) electrons. The predicted molar refractivity (Wildman–Crippen MR) is 84.9 cm³/mol. The first kappa shape index (κ1) is 14.1. The van der Waals surface area contributed by atoms with Gasteiger partial charge < -0.3 is 5.32 Å². The van der Waals surface area contributed by atoms with Crippen LogP contribution in [-0.2, 0) is 6.54 Å². The van der Waals surface area contributed by atoms with Gasteiger partial charge in [-0.25, -0.2) is 0 Å². The van der Waals surface area contributed by atoms with Gasteiger partial charge in [-0.2, -0.15) is 0 Å². The number of hydrogen-bond acceptors (Lipinski definition) is 2. The molecule has 2 aliphatic rings. The van der Waals surface area contributed by atoms with Gasteiger partial charge >= 0.3 is 0 Å². The second-order valence-electron chi connectivity index (χ2n) is 6.80. The van der Waals surface area contributed by atoms with Crippen molar-refractivity contribution in [1.29, 1.82) is 0 Å². The van der Waals surface area contributed by atoms with E-state index in [1.165, 1.54) is 43.4 Å². The minimum Gasteiger partial charge on any atom is -0.319 e. The molecule has 2 saturated carbocycles. The third kappa shape index (κ3) is 3.83. The Kier molecular flexibility index (Phi) is 4.42. The van der Waals surface area contributed by atoms with Crippen molar-refractivity contribution in [2.75, 3.05) is 20.1 Å². The van der Waals surface area contributed by atoms with Gasteiger partial charge in [0, 0.05) is 25.7 Å². The zero-order valence-corrected chi connectivity index (χ0v) is 12.9. The average molecular weight is 272 g/mol. The van der Waals surface area contributed by atoms with Crippen molar-refractivity contribution in [2.45, 2.75) is 51.1 Å². The maximum Gasteiger partial charge on any atom is 0.0236 e. The Bertz CT molecular complexity index is 418. The molecule has 0 bridgehead atoms. The fourth-order valence-corrected chi connectivity index (χ4v) is 3.02. The highest BCUT2D eigenvalue weighted by molar-refractivity contribution is 5.25. The van der Waals surface area contributed by atoms with Crippen LogP contribution in [0.2, 0.25) is 0 Å². The van der Waals surface area contributed by atoms with E-state index in [-0.39, 0.29) is 0 Å². The molecule has 1 atom stereocenters. The van der Waals surface area contributed by atoms with Crippen molar-refractivity contribution in [2.24, 2.45) is 5.92 Å². The number of benzene rings is 1. The van der Waals surface area contributed by atoms with Gasteiger partial charge in [-0.05, 0) is 55.7 Å². The third-order valence-electron chi connectivity index (χ3n) is 4.70. The van der Waals surface area contributed by atoms with E-state index in [0.29, 0.717) is 5.92 Å². The summed E-state index contributed by atoms with van der Waals surface area (Å²) in [7, 11) is 2.02. The van der Waals surface area contributed by atoms with Crippen LogP contribution in [0.1, 0.15) is 49.7 Å². The number of nitrogens with zero attached hydrogens (tertiary/aromatic N) is 1. The van der Waals surface area contributed by atoms with Gasteiger partial charge in [-0.3, -0.25) is 4.90 Å². The quantitative estimate of drug-likeness (QED) is 0.780. The second-order valence-corrected chi connectivity index (χ2v) is 6.80. The Morgan fingerprint density at radius 1 is 1.15 bits per heavy atom. The van der Waals surface area contributed by atoms with Crippen molar-refractivity contribution in [1.82, 2.24) is 10.2 Å². The molecular weight excluding hydrogens is 244 g/mol. The summed E-state index contributed by atoms with van der Waals surface area (Å²) in [5.74, 6) is 1.60. The molecule has 0 aromatic heterocycles. The lowest BCUT2D eigenvalue weighted by Crippen LogP contribution is -2.27. The lowest BCUT2D eigenvalue weighted by atomic mass is 9.99. The van der Waals surface area contributed by atoms with E-state index in [4.69, 9.17) is 0 Å². The van der Waals surface area contributed by atoms with Crippen LogP contribution in [0.4, 0.5) is 0 Å². The Morgan fingerprint density at radius 2 is 1.85 bits per heavy atom. The molecule has 1 N–H and O–H groups in total. The Morgan fingerprint density at radius 3 is 2.40 bits per heavy atom. The highest BCUT2D eigenvalue weighted by atomic mass is 15.2. The molecule has 1 unspecified atom stereocenters. The van der Waals surface area contributed by atoms with Crippen molar-refractivity contribution in [3.8, 4) is 0 Å². The van der Waals surface area contributed by atoms with Gasteiger partial charge in [0.1, 0.15) is 0 Å². The minimum atomic E-state index is 0.597. The summed E-state index contributed by atoms with van der Waals surface area (Å²) >= 11 is 0. The van der Waals surface area contributed by atoms with Gasteiger partial charge in [-0.15, -0.1) is 0 Å². The smallest absolute Gasteiger partial charge is 0.0236 e. The maximum atomic E-state index is 3.26. The third-order valence-corrected chi connectivity index (χ3v) is 4.70. The van der Waals surface area contributed by atoms with Crippen LogP contribution in [0.3, 0.4) is 0 Å². The predicted octanol–water partition coefficient (Wildman–Crippen LogP) is 3.38. The zero-order chi connectivity index (χ0) is 13.9. The van der Waals surface area contributed by atoms with Crippen LogP contribution in [-0.4, -0.2) is 31.1 Å². The van der Waals surface area contributed by atoms with Gasteiger partial charge in [-0.1, -0.05) is 31.2 Å². The van der Waals surface area contributed by atoms with Gasteiger partial charge in [0.25, 0.3) is 0 Å². The molecule has 1 aromatic carbocycles. The number of hydrogen-bond donors (Lipinski definition) is 1. The standard InChI is InChI=1S/C18H28N2/c1-14(11-19-2)17-7-5-16(6-8-17)13-20(18-9-10-18)12-15-3-4-15/h5-8,14-15,18-19H,3-4,9-13H2,1-2H3. The van der Waals surface area contributed by atoms with Crippen LogP contribution in [0.15, 0.2) is 24.3 Å². The van der Waals surface area contributed by atoms with Gasteiger partial charge in [0.05, 0.1) is 0 Å². The molecule has 0 amide bonds. The van der Waals surface area contributed by atoms with Gasteiger partial charge in [0.15, 0.2) is 0 Å². The number of nitrogens with one attached hydrogen (secondary N) is 1. The Hall–Kier alpha value is -0.860. The molecule has 2 heteroatoms. The summed E-state index contributed by atoms with van der Waals surface area (Å²) in [5.41, 5.74) is 2.93. The molecule has 20 heavy (non-hydrogen) atoms. The van der Waals surface area contributed by atoms with E-state index in [9.17, 15) is 0 Å². The molecule has 0 heterocycles. The van der Waals surface area contributed by atoms with Crippen LogP contribution < -0.4 is 5.32 Å². The van der Waals surface area contributed by atoms with E-state index in [1.54, 1.807) is 0 Å². The molecule has 3 rings (SSSR count). The minimum absolute atomic E-state index is 0.597. The molecule has 110 valence electrons. The topological polar surface area (TPSA) is 15.3 Å². The van der Waals surface area contributed by atoms with Crippen LogP contribution in [0.25, 0.3) is 0 Å². The number of rotatable bonds is 8. The fourth-order valence-electron chi connectivity index (χ4n) is 3.02. The monoisotopic (exact) mass is 272 g/mol. The molecule has 0 aliphatic heterocycles. The molecule has 2 nitrogen and oxygen atoms in total. The van der Waals surface area contributed by atoms with E-state index in [0.717, 1.165) is 25.0 Å². The summed E-state index contributed by atoms with van der Waals surface area (Å²) in [6, 6.07) is 10.2. The van der Waals surface area contributed by atoms with Crippen molar-refractivity contribution < 1.29 is 0 Å². The lowest BCUT2D eigenvalue weighted by molar-refractivity contribution is 0.244. The molecule has 2 aliphatic carbocycles. The molecular formula is C18H28N2. The highest BCUT2D eigenvalue weighted by Gasteiger charge is 2.33. The highest BCUT2D eigenvalue weighted by Crippen LogP contribution is 2.35. The summed E-state index contributed by atoms with van der Waals surface area (Å²) in [6.45, 7) is 5.83. The molecule has 2 fully saturated rings. The van der Waals surface area contributed by atoms with Crippen molar-refractivity contribution >= 4 is 0 Å².